The minimum absolute atomic E-state index is 0.244. The third kappa shape index (κ3) is 2.21. The van der Waals surface area contributed by atoms with Gasteiger partial charge in [-0.1, -0.05) is 0 Å². The van der Waals surface area contributed by atoms with Gasteiger partial charge in [0.05, 0.1) is 5.69 Å². The number of hydrogen-bond acceptors (Lipinski definition) is 3. The molecule has 4 heteroatoms. The van der Waals surface area contributed by atoms with E-state index in [9.17, 15) is 4.79 Å². The Labute approximate surface area is 118 Å². The number of hydrogen-bond donors (Lipinski definition) is 0. The molecule has 4 rings (SSSR count). The van der Waals surface area contributed by atoms with Crippen molar-refractivity contribution in [1.82, 2.24) is 4.90 Å². The topological polar surface area (TPSA) is 23.6 Å². The van der Waals surface area contributed by atoms with E-state index >= 15 is 0 Å². The van der Waals surface area contributed by atoms with Gasteiger partial charge >= 0.3 is 0 Å². The predicted octanol–water partition coefficient (Wildman–Crippen LogP) is 2.59. The smallest absolute Gasteiger partial charge is 0.227 e. The standard InChI is InChI=1S/C15H20N2OS/c18-14-7-15(11-17(14)13-3-6-19-9-13)4-5-16(10-15)8-12-1-2-12/h3,6,9,12H,1-2,4-5,7-8,10-11H2/t15-/m1/s1. The lowest BCUT2D eigenvalue weighted by molar-refractivity contribution is -0.117. The summed E-state index contributed by atoms with van der Waals surface area (Å²) in [7, 11) is 0. The van der Waals surface area contributed by atoms with Crippen LogP contribution < -0.4 is 4.90 Å². The summed E-state index contributed by atoms with van der Waals surface area (Å²) < 4.78 is 0. The number of amides is 1. The van der Waals surface area contributed by atoms with E-state index in [0.29, 0.717) is 5.91 Å². The second kappa shape index (κ2) is 4.32. The van der Waals surface area contributed by atoms with Gasteiger partial charge in [-0.25, -0.2) is 0 Å². The molecule has 0 radical (unpaired) electrons. The summed E-state index contributed by atoms with van der Waals surface area (Å²) in [4.78, 5) is 16.9. The van der Waals surface area contributed by atoms with Gasteiger partial charge in [-0.3, -0.25) is 4.79 Å². The Kier molecular flexibility index (Phi) is 2.71. The fourth-order valence-electron chi connectivity index (χ4n) is 3.66. The SMILES string of the molecule is O=C1C[C@@]2(CCN(CC3CC3)C2)CN1c1ccsc1. The second-order valence-corrected chi connectivity index (χ2v) is 7.35. The Hall–Kier alpha value is -0.870. The van der Waals surface area contributed by atoms with Crippen LogP contribution in [0.1, 0.15) is 25.7 Å². The van der Waals surface area contributed by atoms with Crippen molar-refractivity contribution >= 4 is 22.9 Å². The molecular formula is C15H20N2OS. The van der Waals surface area contributed by atoms with Crippen molar-refractivity contribution in [3.63, 3.8) is 0 Å². The highest BCUT2D eigenvalue weighted by molar-refractivity contribution is 7.08. The Bertz CT molecular complexity index is 482. The number of carbonyl (C=O) groups excluding carboxylic acids is 1. The molecular weight excluding hydrogens is 256 g/mol. The first-order chi connectivity index (χ1) is 9.24. The quantitative estimate of drug-likeness (QED) is 0.847. The van der Waals surface area contributed by atoms with Crippen molar-refractivity contribution in [2.75, 3.05) is 31.1 Å². The summed E-state index contributed by atoms with van der Waals surface area (Å²) in [5, 5.41) is 4.15. The zero-order chi connectivity index (χ0) is 12.9. The van der Waals surface area contributed by atoms with Crippen molar-refractivity contribution in [2.45, 2.75) is 25.7 Å². The van der Waals surface area contributed by atoms with Gasteiger partial charge in [-0.15, -0.1) is 0 Å². The Morgan fingerprint density at radius 2 is 2.26 bits per heavy atom. The molecule has 3 nitrogen and oxygen atoms in total. The van der Waals surface area contributed by atoms with E-state index in [4.69, 9.17) is 0 Å². The van der Waals surface area contributed by atoms with E-state index < -0.39 is 0 Å². The monoisotopic (exact) mass is 276 g/mol. The first kappa shape index (κ1) is 11.9. The molecule has 0 N–H and O–H groups in total. The van der Waals surface area contributed by atoms with E-state index in [2.05, 4.69) is 21.7 Å². The van der Waals surface area contributed by atoms with Gasteiger partial charge in [0.2, 0.25) is 5.91 Å². The fourth-order valence-corrected chi connectivity index (χ4v) is 4.31. The molecule has 0 aromatic carbocycles. The van der Waals surface area contributed by atoms with Crippen LogP contribution in [-0.2, 0) is 4.79 Å². The van der Waals surface area contributed by atoms with Crippen LogP contribution in [0.15, 0.2) is 16.8 Å². The molecule has 1 atom stereocenters. The molecule has 1 spiro atoms. The highest BCUT2D eigenvalue weighted by Gasteiger charge is 2.48. The number of anilines is 1. The minimum atomic E-state index is 0.244. The predicted molar refractivity (Wildman–Crippen MR) is 77.5 cm³/mol. The van der Waals surface area contributed by atoms with Crippen LogP contribution in [0.4, 0.5) is 5.69 Å². The van der Waals surface area contributed by atoms with Crippen molar-refractivity contribution in [3.05, 3.63) is 16.8 Å². The average molecular weight is 276 g/mol. The first-order valence-electron chi connectivity index (χ1n) is 7.29. The van der Waals surface area contributed by atoms with Gasteiger partial charge in [0.25, 0.3) is 0 Å². The van der Waals surface area contributed by atoms with E-state index in [1.165, 1.54) is 32.4 Å². The first-order valence-corrected chi connectivity index (χ1v) is 8.23. The summed E-state index contributed by atoms with van der Waals surface area (Å²) in [6, 6.07) is 2.07. The average Bonchev–Trinajstić information content (AvgIpc) is 2.80. The lowest BCUT2D eigenvalue weighted by Crippen LogP contribution is -2.31. The molecule has 102 valence electrons. The summed E-state index contributed by atoms with van der Waals surface area (Å²) in [5.74, 6) is 1.28. The maximum absolute atomic E-state index is 12.3. The summed E-state index contributed by atoms with van der Waals surface area (Å²) in [6.45, 7) is 4.54. The molecule has 3 heterocycles. The van der Waals surface area contributed by atoms with E-state index in [1.54, 1.807) is 11.3 Å². The molecule has 3 aliphatic rings. The number of thiophene rings is 1. The number of carbonyl (C=O) groups is 1. The molecule has 19 heavy (non-hydrogen) atoms. The summed E-state index contributed by atoms with van der Waals surface area (Å²) in [5.41, 5.74) is 1.35. The lowest BCUT2D eigenvalue weighted by Gasteiger charge is -2.23. The van der Waals surface area contributed by atoms with Crippen molar-refractivity contribution in [3.8, 4) is 0 Å². The third-order valence-corrected chi connectivity index (χ3v) is 5.54. The van der Waals surface area contributed by atoms with Crippen molar-refractivity contribution in [1.29, 1.82) is 0 Å². The second-order valence-electron chi connectivity index (χ2n) is 6.57. The Morgan fingerprint density at radius 1 is 1.37 bits per heavy atom. The zero-order valence-corrected chi connectivity index (χ0v) is 12.0. The van der Waals surface area contributed by atoms with E-state index in [1.807, 2.05) is 4.90 Å². The number of rotatable bonds is 3. The Morgan fingerprint density at radius 3 is 3.00 bits per heavy atom. The molecule has 1 aliphatic carbocycles. The van der Waals surface area contributed by atoms with Crippen LogP contribution in [-0.4, -0.2) is 37.0 Å². The summed E-state index contributed by atoms with van der Waals surface area (Å²) in [6.07, 6.45) is 4.79. The van der Waals surface area contributed by atoms with Crippen LogP contribution in [0.25, 0.3) is 0 Å². The van der Waals surface area contributed by atoms with Crippen LogP contribution in [0.5, 0.6) is 0 Å². The van der Waals surface area contributed by atoms with Gasteiger partial charge < -0.3 is 9.80 Å². The highest BCUT2D eigenvalue weighted by atomic mass is 32.1. The minimum Gasteiger partial charge on any atom is -0.311 e. The molecule has 2 aliphatic heterocycles. The van der Waals surface area contributed by atoms with Gasteiger partial charge in [-0.05, 0) is 43.2 Å². The zero-order valence-electron chi connectivity index (χ0n) is 11.2. The largest absolute Gasteiger partial charge is 0.311 e. The summed E-state index contributed by atoms with van der Waals surface area (Å²) >= 11 is 1.67. The fraction of sp³-hybridized carbons (Fsp3) is 0.667. The van der Waals surface area contributed by atoms with Gasteiger partial charge in [0.15, 0.2) is 0 Å². The number of nitrogens with zero attached hydrogens (tertiary/aromatic N) is 2. The normalized spacial score (nSPS) is 31.8. The number of likely N-dealkylation sites (tertiary alicyclic amines) is 1. The van der Waals surface area contributed by atoms with Crippen molar-refractivity contribution < 1.29 is 4.79 Å². The van der Waals surface area contributed by atoms with Crippen LogP contribution in [0.2, 0.25) is 0 Å². The van der Waals surface area contributed by atoms with Crippen LogP contribution in [0, 0.1) is 11.3 Å². The molecule has 0 bridgehead atoms. The maximum Gasteiger partial charge on any atom is 0.227 e. The van der Waals surface area contributed by atoms with Gasteiger partial charge in [0, 0.05) is 36.9 Å². The molecule has 1 amide bonds. The molecule has 1 aromatic rings. The van der Waals surface area contributed by atoms with Gasteiger partial charge in [-0.2, -0.15) is 11.3 Å². The maximum atomic E-state index is 12.3. The highest BCUT2D eigenvalue weighted by Crippen LogP contribution is 2.43. The van der Waals surface area contributed by atoms with E-state index in [-0.39, 0.29) is 5.41 Å². The molecule has 3 fully saturated rings. The molecule has 2 saturated heterocycles. The molecule has 0 unspecified atom stereocenters. The van der Waals surface area contributed by atoms with Gasteiger partial charge in [0.1, 0.15) is 0 Å². The van der Waals surface area contributed by atoms with Crippen molar-refractivity contribution in [2.24, 2.45) is 11.3 Å². The van der Waals surface area contributed by atoms with E-state index in [0.717, 1.165) is 31.1 Å². The van der Waals surface area contributed by atoms with Crippen LogP contribution >= 0.6 is 11.3 Å². The Balaban J connectivity index is 1.46. The molecule has 1 aromatic heterocycles. The van der Waals surface area contributed by atoms with Crippen LogP contribution in [0.3, 0.4) is 0 Å². The lowest BCUT2D eigenvalue weighted by atomic mass is 9.86. The third-order valence-electron chi connectivity index (χ3n) is 4.87. The molecule has 1 saturated carbocycles.